The monoisotopic (exact) mass is 325 g/mol. The van der Waals surface area contributed by atoms with Crippen molar-refractivity contribution in [1.82, 2.24) is 4.90 Å². The Labute approximate surface area is 128 Å². The fraction of sp³-hybridized carbons (Fsp3) is 0.765. The molecular formula is C17H28BrN. The molecule has 2 heteroatoms. The van der Waals surface area contributed by atoms with Gasteiger partial charge in [-0.05, 0) is 76.9 Å². The van der Waals surface area contributed by atoms with Gasteiger partial charge < -0.3 is 4.90 Å². The van der Waals surface area contributed by atoms with Crippen molar-refractivity contribution in [3.05, 3.63) is 23.3 Å². The van der Waals surface area contributed by atoms with Gasteiger partial charge in [-0.15, -0.1) is 17.0 Å². The van der Waals surface area contributed by atoms with Crippen molar-refractivity contribution in [2.75, 3.05) is 19.6 Å². The molecule has 0 aromatic heterocycles. The van der Waals surface area contributed by atoms with Crippen LogP contribution < -0.4 is 0 Å². The summed E-state index contributed by atoms with van der Waals surface area (Å²) in [6.07, 6.45) is 17.3. The molecule has 2 aliphatic carbocycles. The van der Waals surface area contributed by atoms with Gasteiger partial charge in [-0.1, -0.05) is 29.7 Å². The molecule has 0 amide bonds. The summed E-state index contributed by atoms with van der Waals surface area (Å²) in [5.74, 6) is 0.940. The van der Waals surface area contributed by atoms with Crippen molar-refractivity contribution in [3.63, 3.8) is 0 Å². The second kappa shape index (κ2) is 7.64. The molecule has 3 rings (SSSR count). The number of hydrogen-bond donors (Lipinski definition) is 0. The predicted molar refractivity (Wildman–Crippen MR) is 88.0 cm³/mol. The molecule has 1 fully saturated rings. The van der Waals surface area contributed by atoms with Crippen LogP contribution in [0.3, 0.4) is 0 Å². The van der Waals surface area contributed by atoms with Crippen molar-refractivity contribution in [2.45, 2.75) is 57.8 Å². The van der Waals surface area contributed by atoms with E-state index in [4.69, 9.17) is 0 Å². The molecule has 0 N–H and O–H groups in total. The first-order chi connectivity index (χ1) is 8.93. The summed E-state index contributed by atoms with van der Waals surface area (Å²) in [6.45, 7) is 4.08. The van der Waals surface area contributed by atoms with Gasteiger partial charge >= 0.3 is 0 Å². The number of likely N-dealkylation sites (tertiary alicyclic amines) is 1. The Bertz CT molecular complexity index is 339. The molecule has 0 saturated carbocycles. The van der Waals surface area contributed by atoms with Crippen LogP contribution in [0.15, 0.2) is 23.3 Å². The highest BCUT2D eigenvalue weighted by atomic mass is 79.9. The minimum absolute atomic E-state index is 0. The Morgan fingerprint density at radius 2 is 1.84 bits per heavy atom. The molecule has 1 heterocycles. The van der Waals surface area contributed by atoms with E-state index in [9.17, 15) is 0 Å². The van der Waals surface area contributed by atoms with Crippen molar-refractivity contribution in [3.8, 4) is 0 Å². The highest BCUT2D eigenvalue weighted by molar-refractivity contribution is 8.93. The number of hydrogen-bond acceptors (Lipinski definition) is 1. The van der Waals surface area contributed by atoms with Crippen LogP contribution in [0.4, 0.5) is 0 Å². The first-order valence-electron chi connectivity index (χ1n) is 8.01. The Balaban J connectivity index is 0.00000133. The highest BCUT2D eigenvalue weighted by Gasteiger charge is 2.25. The Morgan fingerprint density at radius 1 is 1.05 bits per heavy atom. The van der Waals surface area contributed by atoms with E-state index >= 15 is 0 Å². The van der Waals surface area contributed by atoms with Gasteiger partial charge in [-0.3, -0.25) is 0 Å². The van der Waals surface area contributed by atoms with Gasteiger partial charge in [0.15, 0.2) is 0 Å². The molecule has 0 bridgehead atoms. The van der Waals surface area contributed by atoms with Crippen LogP contribution in [-0.2, 0) is 0 Å². The first kappa shape index (κ1) is 15.3. The third kappa shape index (κ3) is 3.95. The van der Waals surface area contributed by atoms with E-state index in [1.807, 2.05) is 5.57 Å². The Hall–Kier alpha value is -0.0800. The summed E-state index contributed by atoms with van der Waals surface area (Å²) in [5.41, 5.74) is 3.62. The molecule has 1 aliphatic heterocycles. The molecule has 0 spiro atoms. The lowest BCUT2D eigenvalue weighted by Gasteiger charge is -2.27. The van der Waals surface area contributed by atoms with Crippen LogP contribution in [0, 0.1) is 5.92 Å². The van der Waals surface area contributed by atoms with Crippen LogP contribution in [0.25, 0.3) is 0 Å². The summed E-state index contributed by atoms with van der Waals surface area (Å²) in [4.78, 5) is 2.69. The summed E-state index contributed by atoms with van der Waals surface area (Å²) in [6, 6.07) is 0. The summed E-state index contributed by atoms with van der Waals surface area (Å²) >= 11 is 0. The number of allylic oxidation sites excluding steroid dienone is 4. The zero-order chi connectivity index (χ0) is 12.2. The fourth-order valence-corrected chi connectivity index (χ4v) is 4.01. The topological polar surface area (TPSA) is 3.24 Å². The van der Waals surface area contributed by atoms with Gasteiger partial charge in [0.2, 0.25) is 0 Å². The van der Waals surface area contributed by atoms with Crippen molar-refractivity contribution >= 4 is 17.0 Å². The van der Waals surface area contributed by atoms with Crippen molar-refractivity contribution in [2.24, 2.45) is 5.92 Å². The van der Waals surface area contributed by atoms with Gasteiger partial charge in [-0.25, -0.2) is 0 Å². The normalized spacial score (nSPS) is 27.3. The molecule has 19 heavy (non-hydrogen) atoms. The molecular weight excluding hydrogens is 298 g/mol. The lowest BCUT2D eigenvalue weighted by Crippen LogP contribution is -2.30. The van der Waals surface area contributed by atoms with E-state index in [-0.39, 0.29) is 17.0 Å². The highest BCUT2D eigenvalue weighted by Crippen LogP contribution is 2.40. The second-order valence-electron chi connectivity index (χ2n) is 6.29. The quantitative estimate of drug-likeness (QED) is 0.665. The minimum Gasteiger partial charge on any atom is -0.303 e. The first-order valence-corrected chi connectivity index (χ1v) is 8.01. The molecule has 1 unspecified atom stereocenters. The number of halogens is 1. The van der Waals surface area contributed by atoms with Crippen LogP contribution >= 0.6 is 17.0 Å². The zero-order valence-electron chi connectivity index (χ0n) is 12.1. The van der Waals surface area contributed by atoms with E-state index in [0.717, 1.165) is 5.92 Å². The van der Waals surface area contributed by atoms with Crippen LogP contribution in [0.5, 0.6) is 0 Å². The Kier molecular flexibility index (Phi) is 6.15. The third-order valence-electron chi connectivity index (χ3n) is 5.09. The number of rotatable bonds is 4. The summed E-state index contributed by atoms with van der Waals surface area (Å²) in [7, 11) is 0. The predicted octanol–water partition coefficient (Wildman–Crippen LogP) is 4.89. The van der Waals surface area contributed by atoms with Crippen LogP contribution in [0.1, 0.15) is 57.8 Å². The second-order valence-corrected chi connectivity index (χ2v) is 6.29. The van der Waals surface area contributed by atoms with Gasteiger partial charge in [0.1, 0.15) is 0 Å². The third-order valence-corrected chi connectivity index (χ3v) is 5.09. The van der Waals surface area contributed by atoms with Gasteiger partial charge in [-0.2, -0.15) is 0 Å². The van der Waals surface area contributed by atoms with Crippen molar-refractivity contribution < 1.29 is 0 Å². The fourth-order valence-electron chi connectivity index (χ4n) is 4.01. The largest absolute Gasteiger partial charge is 0.303 e. The van der Waals surface area contributed by atoms with Crippen LogP contribution in [-0.4, -0.2) is 24.5 Å². The standard InChI is InChI=1S/C17H27N.BrH/c1-4-12-18(13-5-1)14-6-8-16-11-10-15-7-2-3-9-17(15)16;/h2-3,16H,1,4-14H2;1H. The molecule has 1 saturated heterocycles. The minimum atomic E-state index is 0. The molecule has 108 valence electrons. The molecule has 1 nitrogen and oxygen atoms in total. The molecule has 0 aromatic carbocycles. The average molecular weight is 326 g/mol. The zero-order valence-corrected chi connectivity index (χ0v) is 13.8. The van der Waals surface area contributed by atoms with Gasteiger partial charge in [0, 0.05) is 0 Å². The number of nitrogens with zero attached hydrogens (tertiary/aromatic N) is 1. The molecule has 0 aromatic rings. The summed E-state index contributed by atoms with van der Waals surface area (Å²) < 4.78 is 0. The number of piperidine rings is 1. The van der Waals surface area contributed by atoms with E-state index in [2.05, 4.69) is 17.1 Å². The van der Waals surface area contributed by atoms with E-state index in [1.54, 1.807) is 5.57 Å². The van der Waals surface area contributed by atoms with Gasteiger partial charge in [0.25, 0.3) is 0 Å². The maximum atomic E-state index is 2.69. The van der Waals surface area contributed by atoms with E-state index in [0.29, 0.717) is 0 Å². The maximum absolute atomic E-state index is 2.69. The average Bonchev–Trinajstić information content (AvgIpc) is 2.84. The maximum Gasteiger partial charge on any atom is -0.00185 e. The summed E-state index contributed by atoms with van der Waals surface area (Å²) in [5, 5.41) is 0. The molecule has 0 radical (unpaired) electrons. The Morgan fingerprint density at radius 3 is 2.68 bits per heavy atom. The molecule has 3 aliphatic rings. The lowest BCUT2D eigenvalue weighted by atomic mass is 9.90. The van der Waals surface area contributed by atoms with Crippen LogP contribution in [0.2, 0.25) is 0 Å². The SMILES string of the molecule is Br.C1=CCC2=C(C1)CCC2CCCN1CCCCC1. The smallest absolute Gasteiger partial charge is 0.00185 e. The molecule has 1 atom stereocenters. The van der Waals surface area contributed by atoms with Gasteiger partial charge in [0.05, 0.1) is 0 Å². The lowest BCUT2D eigenvalue weighted by molar-refractivity contribution is 0.221. The van der Waals surface area contributed by atoms with E-state index in [1.165, 1.54) is 77.4 Å². The van der Waals surface area contributed by atoms with E-state index < -0.39 is 0 Å². The van der Waals surface area contributed by atoms with Crippen molar-refractivity contribution in [1.29, 1.82) is 0 Å².